The first-order valence-corrected chi connectivity index (χ1v) is 9.13. The van der Waals surface area contributed by atoms with Crippen molar-refractivity contribution in [2.24, 2.45) is 0 Å². The maximum Gasteiger partial charge on any atom is 0.173 e. The van der Waals surface area contributed by atoms with Crippen molar-refractivity contribution in [3.8, 4) is 5.75 Å². The van der Waals surface area contributed by atoms with Crippen LogP contribution >= 0.6 is 35.4 Å². The molecule has 132 valence electrons. The summed E-state index contributed by atoms with van der Waals surface area (Å²) in [5.41, 5.74) is 1.96. The molecule has 0 bridgehead atoms. The van der Waals surface area contributed by atoms with Crippen LogP contribution in [0.5, 0.6) is 5.75 Å². The van der Waals surface area contributed by atoms with Crippen LogP contribution in [0.2, 0.25) is 10.0 Å². The van der Waals surface area contributed by atoms with Crippen molar-refractivity contribution >= 4 is 51.9 Å². The van der Waals surface area contributed by atoms with Crippen LogP contribution < -0.4 is 15.0 Å². The Labute approximate surface area is 163 Å². The van der Waals surface area contributed by atoms with Crippen molar-refractivity contribution in [3.63, 3.8) is 0 Å². The molecule has 1 fully saturated rings. The number of halogens is 2. The third-order valence-corrected chi connectivity index (χ3v) is 5.01. The molecule has 0 radical (unpaired) electrons. The molecule has 1 N–H and O–H groups in total. The lowest BCUT2D eigenvalue weighted by Crippen LogP contribution is -2.50. The third-order valence-electron chi connectivity index (χ3n) is 4.16. The zero-order chi connectivity index (χ0) is 17.8. The van der Waals surface area contributed by atoms with Crippen LogP contribution in [0, 0.1) is 0 Å². The van der Waals surface area contributed by atoms with Crippen molar-refractivity contribution in [2.75, 3.05) is 43.5 Å². The summed E-state index contributed by atoms with van der Waals surface area (Å²) in [6, 6.07) is 13.4. The average molecular weight is 396 g/mol. The molecule has 0 atom stereocenters. The summed E-state index contributed by atoms with van der Waals surface area (Å²) in [6.45, 7) is 3.49. The number of nitrogens with one attached hydrogen (secondary N) is 1. The maximum atomic E-state index is 6.07. The van der Waals surface area contributed by atoms with Crippen molar-refractivity contribution in [2.45, 2.75) is 0 Å². The standard InChI is InChI=1S/C18H19Cl2N3OS/c1-24-17-7-4-14(20)12-16(17)21-18(25)23-10-8-22(9-11-23)15-5-2-13(19)3-6-15/h2-7,12H,8-11H2,1H3,(H,21,25). The number of rotatable bonds is 3. The van der Waals surface area contributed by atoms with Gasteiger partial charge in [-0.15, -0.1) is 0 Å². The summed E-state index contributed by atoms with van der Waals surface area (Å²) < 4.78 is 5.35. The second-order valence-corrected chi connectivity index (χ2v) is 6.98. The molecule has 1 aliphatic rings. The van der Waals surface area contributed by atoms with E-state index in [2.05, 4.69) is 15.1 Å². The van der Waals surface area contributed by atoms with Crippen LogP contribution in [0.15, 0.2) is 42.5 Å². The Morgan fingerprint density at radius 1 is 1.00 bits per heavy atom. The van der Waals surface area contributed by atoms with Crippen LogP contribution in [0.25, 0.3) is 0 Å². The van der Waals surface area contributed by atoms with E-state index >= 15 is 0 Å². The van der Waals surface area contributed by atoms with Gasteiger partial charge in [0.1, 0.15) is 5.75 Å². The molecule has 0 aliphatic carbocycles. The molecule has 1 saturated heterocycles. The fourth-order valence-corrected chi connectivity index (χ4v) is 3.38. The zero-order valence-electron chi connectivity index (χ0n) is 13.8. The Morgan fingerprint density at radius 2 is 1.64 bits per heavy atom. The van der Waals surface area contributed by atoms with Gasteiger partial charge in [-0.2, -0.15) is 0 Å². The largest absolute Gasteiger partial charge is 0.495 e. The molecule has 7 heteroatoms. The summed E-state index contributed by atoms with van der Waals surface area (Å²) in [4.78, 5) is 4.48. The number of thiocarbonyl (C=S) groups is 1. The number of methoxy groups -OCH3 is 1. The molecule has 1 heterocycles. The third kappa shape index (κ3) is 4.48. The monoisotopic (exact) mass is 395 g/mol. The van der Waals surface area contributed by atoms with Gasteiger partial charge in [-0.3, -0.25) is 0 Å². The Bertz CT molecular complexity index is 746. The van der Waals surface area contributed by atoms with Gasteiger partial charge in [0.2, 0.25) is 0 Å². The number of ether oxygens (including phenoxy) is 1. The normalized spacial score (nSPS) is 14.4. The molecule has 2 aromatic carbocycles. The summed E-state index contributed by atoms with van der Waals surface area (Å²) in [5.74, 6) is 0.714. The maximum absolute atomic E-state index is 6.07. The van der Waals surface area contributed by atoms with E-state index in [0.717, 1.165) is 36.9 Å². The van der Waals surface area contributed by atoms with Gasteiger partial charge in [-0.1, -0.05) is 23.2 Å². The molecule has 0 spiro atoms. The van der Waals surface area contributed by atoms with E-state index in [4.69, 9.17) is 40.2 Å². The van der Waals surface area contributed by atoms with Gasteiger partial charge in [-0.25, -0.2) is 0 Å². The molecule has 4 nitrogen and oxygen atoms in total. The highest BCUT2D eigenvalue weighted by molar-refractivity contribution is 7.80. The van der Waals surface area contributed by atoms with Gasteiger partial charge in [0, 0.05) is 41.9 Å². The number of nitrogens with zero attached hydrogens (tertiary/aromatic N) is 2. The summed E-state index contributed by atoms with van der Waals surface area (Å²) in [7, 11) is 1.63. The summed E-state index contributed by atoms with van der Waals surface area (Å²) in [5, 5.41) is 5.31. The molecular formula is C18H19Cl2N3OS. The molecule has 0 unspecified atom stereocenters. The fourth-order valence-electron chi connectivity index (χ4n) is 2.79. The Kier molecular flexibility index (Phi) is 5.89. The molecule has 0 amide bonds. The van der Waals surface area contributed by atoms with Crippen LogP contribution in [-0.2, 0) is 0 Å². The second-order valence-electron chi connectivity index (χ2n) is 5.73. The molecule has 2 aromatic rings. The number of benzene rings is 2. The molecule has 0 aromatic heterocycles. The number of hydrogen-bond acceptors (Lipinski definition) is 3. The first-order chi connectivity index (χ1) is 12.1. The van der Waals surface area contributed by atoms with Gasteiger partial charge < -0.3 is 19.9 Å². The van der Waals surface area contributed by atoms with E-state index in [1.54, 1.807) is 13.2 Å². The fraction of sp³-hybridized carbons (Fsp3) is 0.278. The highest BCUT2D eigenvalue weighted by atomic mass is 35.5. The highest BCUT2D eigenvalue weighted by Gasteiger charge is 2.20. The van der Waals surface area contributed by atoms with E-state index in [-0.39, 0.29) is 0 Å². The lowest BCUT2D eigenvalue weighted by atomic mass is 10.2. The number of piperazine rings is 1. The lowest BCUT2D eigenvalue weighted by molar-refractivity contribution is 0.390. The van der Waals surface area contributed by atoms with Crippen LogP contribution in [0.3, 0.4) is 0 Å². The van der Waals surface area contributed by atoms with E-state index in [0.29, 0.717) is 15.9 Å². The first-order valence-electron chi connectivity index (χ1n) is 7.97. The van der Waals surface area contributed by atoms with Gasteiger partial charge in [0.25, 0.3) is 0 Å². The Morgan fingerprint density at radius 3 is 2.28 bits per heavy atom. The highest BCUT2D eigenvalue weighted by Crippen LogP contribution is 2.28. The number of anilines is 2. The van der Waals surface area contributed by atoms with E-state index in [9.17, 15) is 0 Å². The van der Waals surface area contributed by atoms with Gasteiger partial charge in [0.15, 0.2) is 5.11 Å². The predicted octanol–water partition coefficient (Wildman–Crippen LogP) is 4.52. The molecular weight excluding hydrogens is 377 g/mol. The Hall–Kier alpha value is -1.69. The van der Waals surface area contributed by atoms with Crippen molar-refractivity contribution in [3.05, 3.63) is 52.5 Å². The minimum atomic E-state index is 0.638. The zero-order valence-corrected chi connectivity index (χ0v) is 16.2. The van der Waals surface area contributed by atoms with Crippen molar-refractivity contribution in [1.29, 1.82) is 0 Å². The van der Waals surface area contributed by atoms with Gasteiger partial charge >= 0.3 is 0 Å². The molecule has 3 rings (SSSR count). The first kappa shape index (κ1) is 18.1. The molecule has 0 saturated carbocycles. The molecule has 1 aliphatic heterocycles. The topological polar surface area (TPSA) is 27.7 Å². The number of hydrogen-bond donors (Lipinski definition) is 1. The Balaban J connectivity index is 1.60. The second kappa shape index (κ2) is 8.13. The van der Waals surface area contributed by atoms with Crippen molar-refractivity contribution in [1.82, 2.24) is 4.90 Å². The quantitative estimate of drug-likeness (QED) is 0.771. The van der Waals surface area contributed by atoms with E-state index < -0.39 is 0 Å². The van der Waals surface area contributed by atoms with E-state index in [1.165, 1.54) is 5.69 Å². The van der Waals surface area contributed by atoms with Crippen LogP contribution in [0.1, 0.15) is 0 Å². The molecule has 25 heavy (non-hydrogen) atoms. The lowest BCUT2D eigenvalue weighted by Gasteiger charge is -2.37. The van der Waals surface area contributed by atoms with Crippen molar-refractivity contribution < 1.29 is 4.74 Å². The van der Waals surface area contributed by atoms with Crippen LogP contribution in [-0.4, -0.2) is 43.3 Å². The smallest absolute Gasteiger partial charge is 0.173 e. The van der Waals surface area contributed by atoms with E-state index in [1.807, 2.05) is 36.4 Å². The minimum Gasteiger partial charge on any atom is -0.495 e. The predicted molar refractivity (Wildman–Crippen MR) is 109 cm³/mol. The average Bonchev–Trinajstić information content (AvgIpc) is 2.63. The summed E-state index contributed by atoms with van der Waals surface area (Å²) >= 11 is 17.6. The van der Waals surface area contributed by atoms with Crippen LogP contribution in [0.4, 0.5) is 11.4 Å². The van der Waals surface area contributed by atoms with Gasteiger partial charge in [0.05, 0.1) is 12.8 Å². The SMILES string of the molecule is COc1ccc(Cl)cc1NC(=S)N1CCN(c2ccc(Cl)cc2)CC1. The summed E-state index contributed by atoms with van der Waals surface area (Å²) in [6.07, 6.45) is 0. The minimum absolute atomic E-state index is 0.638. The van der Waals surface area contributed by atoms with Gasteiger partial charge in [-0.05, 0) is 54.7 Å².